The molecule has 1 aromatic rings. The fraction of sp³-hybridized carbons (Fsp3) is 0.500. The van der Waals surface area contributed by atoms with Crippen molar-refractivity contribution in [2.75, 3.05) is 6.61 Å². The highest BCUT2D eigenvalue weighted by Gasteiger charge is 2.23. The summed E-state index contributed by atoms with van der Waals surface area (Å²) in [6.07, 6.45) is 3.91. The maximum Gasteiger partial charge on any atom is 0.328 e. The normalized spacial score (nSPS) is 12.8. The minimum absolute atomic E-state index is 0.113. The van der Waals surface area contributed by atoms with Crippen LogP contribution in [0.5, 0.6) is 0 Å². The van der Waals surface area contributed by atoms with Crippen molar-refractivity contribution in [2.24, 2.45) is 0 Å². The van der Waals surface area contributed by atoms with Gasteiger partial charge in [0.2, 0.25) is 0 Å². The minimum Gasteiger partial charge on any atom is -0.480 e. The number of carbonyl (C=O) groups is 2. The Hall–Kier alpha value is -2.02. The number of aromatic nitrogens is 2. The SMILES string of the molecule is CC(C)(C)OC[C@H](NC(=O)c1cncnc1)C(=O)O. The lowest BCUT2D eigenvalue weighted by Gasteiger charge is -2.23. The number of hydrogen-bond donors (Lipinski definition) is 2. The van der Waals surface area contributed by atoms with Gasteiger partial charge in [-0.25, -0.2) is 14.8 Å². The monoisotopic (exact) mass is 267 g/mol. The molecule has 1 rings (SSSR count). The number of carboxylic acids is 1. The van der Waals surface area contributed by atoms with Crippen LogP contribution in [0.1, 0.15) is 31.1 Å². The number of aliphatic carboxylic acids is 1. The van der Waals surface area contributed by atoms with Crippen molar-refractivity contribution in [3.8, 4) is 0 Å². The summed E-state index contributed by atoms with van der Waals surface area (Å²) in [6, 6.07) is -1.12. The smallest absolute Gasteiger partial charge is 0.328 e. The molecule has 0 saturated carbocycles. The predicted octanol–water partition coefficient (Wildman–Crippen LogP) is 0.475. The van der Waals surface area contributed by atoms with Gasteiger partial charge < -0.3 is 15.2 Å². The summed E-state index contributed by atoms with van der Waals surface area (Å²) >= 11 is 0. The van der Waals surface area contributed by atoms with Crippen molar-refractivity contribution >= 4 is 11.9 Å². The van der Waals surface area contributed by atoms with E-state index in [1.54, 1.807) is 20.8 Å². The molecule has 0 fully saturated rings. The van der Waals surface area contributed by atoms with Crippen molar-refractivity contribution < 1.29 is 19.4 Å². The van der Waals surface area contributed by atoms with Crippen molar-refractivity contribution in [1.82, 2.24) is 15.3 Å². The molecule has 7 nitrogen and oxygen atoms in total. The Balaban J connectivity index is 2.64. The molecule has 0 unspecified atom stereocenters. The van der Waals surface area contributed by atoms with Gasteiger partial charge in [-0.05, 0) is 20.8 Å². The molecule has 1 aromatic heterocycles. The number of carbonyl (C=O) groups excluding carboxylic acids is 1. The first-order valence-electron chi connectivity index (χ1n) is 5.72. The van der Waals surface area contributed by atoms with Gasteiger partial charge in [0, 0.05) is 12.4 Å². The summed E-state index contributed by atoms with van der Waals surface area (Å²) in [5.41, 5.74) is -0.279. The Morgan fingerprint density at radius 3 is 2.42 bits per heavy atom. The van der Waals surface area contributed by atoms with E-state index in [1.807, 2.05) is 0 Å². The van der Waals surface area contributed by atoms with Crippen LogP contribution in [0.2, 0.25) is 0 Å². The first-order chi connectivity index (χ1) is 8.79. The standard InChI is InChI=1S/C12H17N3O4/c1-12(2,3)19-6-9(11(17)18)15-10(16)8-4-13-7-14-5-8/h4-5,7,9H,6H2,1-3H3,(H,15,16)(H,17,18)/t9-/m0/s1. The van der Waals surface area contributed by atoms with Gasteiger partial charge in [-0.1, -0.05) is 0 Å². The summed E-state index contributed by atoms with van der Waals surface area (Å²) < 4.78 is 5.36. The van der Waals surface area contributed by atoms with Crippen molar-refractivity contribution in [3.63, 3.8) is 0 Å². The summed E-state index contributed by atoms with van der Waals surface area (Å²) in [5.74, 6) is -1.71. The topological polar surface area (TPSA) is 101 Å². The molecule has 2 N–H and O–H groups in total. The molecule has 0 spiro atoms. The summed E-state index contributed by atoms with van der Waals surface area (Å²) in [5, 5.41) is 11.4. The lowest BCUT2D eigenvalue weighted by Crippen LogP contribution is -2.45. The molecular formula is C12H17N3O4. The fourth-order valence-corrected chi connectivity index (χ4v) is 1.17. The van der Waals surface area contributed by atoms with Gasteiger partial charge in [-0.2, -0.15) is 0 Å². The molecule has 104 valence electrons. The van der Waals surface area contributed by atoms with Gasteiger partial charge in [0.05, 0.1) is 17.8 Å². The quantitative estimate of drug-likeness (QED) is 0.804. The number of hydrogen-bond acceptors (Lipinski definition) is 5. The van der Waals surface area contributed by atoms with E-state index in [4.69, 9.17) is 9.84 Å². The van der Waals surface area contributed by atoms with E-state index < -0.39 is 23.5 Å². The molecule has 0 aliphatic heterocycles. The maximum absolute atomic E-state index is 11.8. The average Bonchev–Trinajstić information content (AvgIpc) is 2.33. The molecule has 0 radical (unpaired) electrons. The van der Waals surface area contributed by atoms with Crippen LogP contribution in [-0.2, 0) is 9.53 Å². The number of nitrogens with one attached hydrogen (secondary N) is 1. The van der Waals surface area contributed by atoms with Crippen LogP contribution in [0.3, 0.4) is 0 Å². The molecular weight excluding hydrogens is 250 g/mol. The average molecular weight is 267 g/mol. The summed E-state index contributed by atoms with van der Waals surface area (Å²) in [4.78, 5) is 30.2. The number of nitrogens with zero attached hydrogens (tertiary/aromatic N) is 2. The van der Waals surface area contributed by atoms with E-state index in [0.717, 1.165) is 0 Å². The lowest BCUT2D eigenvalue weighted by molar-refractivity contribution is -0.142. The first-order valence-corrected chi connectivity index (χ1v) is 5.72. The highest BCUT2D eigenvalue weighted by atomic mass is 16.5. The largest absolute Gasteiger partial charge is 0.480 e. The molecule has 0 aromatic carbocycles. The van der Waals surface area contributed by atoms with E-state index in [2.05, 4.69) is 15.3 Å². The number of amides is 1. The van der Waals surface area contributed by atoms with E-state index >= 15 is 0 Å². The zero-order valence-electron chi connectivity index (χ0n) is 11.1. The minimum atomic E-state index is -1.16. The molecule has 19 heavy (non-hydrogen) atoms. The Morgan fingerprint density at radius 2 is 1.95 bits per heavy atom. The molecule has 0 bridgehead atoms. The predicted molar refractivity (Wildman–Crippen MR) is 66.6 cm³/mol. The van der Waals surface area contributed by atoms with Crippen LogP contribution < -0.4 is 5.32 Å². The van der Waals surface area contributed by atoms with E-state index in [0.29, 0.717) is 0 Å². The maximum atomic E-state index is 11.8. The van der Waals surface area contributed by atoms with Crippen LogP contribution in [0.4, 0.5) is 0 Å². The van der Waals surface area contributed by atoms with Crippen molar-refractivity contribution in [3.05, 3.63) is 24.3 Å². The number of carboxylic acid groups (broad SMARTS) is 1. The summed E-state index contributed by atoms with van der Waals surface area (Å²) in [6.45, 7) is 5.30. The van der Waals surface area contributed by atoms with Gasteiger partial charge in [0.1, 0.15) is 6.33 Å². The number of ether oxygens (including phenoxy) is 1. The zero-order valence-corrected chi connectivity index (χ0v) is 11.1. The van der Waals surface area contributed by atoms with Crippen LogP contribution in [0, 0.1) is 0 Å². The van der Waals surface area contributed by atoms with Crippen molar-refractivity contribution in [1.29, 1.82) is 0 Å². The first kappa shape index (κ1) is 15.0. The molecule has 1 amide bonds. The van der Waals surface area contributed by atoms with Crippen LogP contribution in [0.15, 0.2) is 18.7 Å². The van der Waals surface area contributed by atoms with Crippen molar-refractivity contribution in [2.45, 2.75) is 32.4 Å². The van der Waals surface area contributed by atoms with Gasteiger partial charge in [-0.3, -0.25) is 4.79 Å². The van der Waals surface area contributed by atoms with E-state index in [-0.39, 0.29) is 12.2 Å². The second-order valence-electron chi connectivity index (χ2n) is 4.91. The van der Waals surface area contributed by atoms with Crippen LogP contribution in [-0.4, -0.2) is 45.2 Å². The Kier molecular flexibility index (Phi) is 4.94. The fourth-order valence-electron chi connectivity index (χ4n) is 1.17. The second-order valence-corrected chi connectivity index (χ2v) is 4.91. The molecule has 0 aliphatic rings. The highest BCUT2D eigenvalue weighted by Crippen LogP contribution is 2.07. The molecule has 0 saturated heterocycles. The Labute approximate surface area is 111 Å². The van der Waals surface area contributed by atoms with E-state index in [1.165, 1.54) is 18.7 Å². The third-order valence-corrected chi connectivity index (χ3v) is 2.11. The zero-order chi connectivity index (χ0) is 14.5. The number of rotatable bonds is 5. The van der Waals surface area contributed by atoms with Gasteiger partial charge in [-0.15, -0.1) is 0 Å². The van der Waals surface area contributed by atoms with Gasteiger partial charge >= 0.3 is 5.97 Å². The highest BCUT2D eigenvalue weighted by molar-refractivity contribution is 5.96. The molecule has 0 aliphatic carbocycles. The van der Waals surface area contributed by atoms with Crippen LogP contribution >= 0.6 is 0 Å². The molecule has 7 heteroatoms. The third kappa shape index (κ3) is 5.43. The van der Waals surface area contributed by atoms with Gasteiger partial charge in [0.15, 0.2) is 6.04 Å². The second kappa shape index (κ2) is 6.24. The van der Waals surface area contributed by atoms with Gasteiger partial charge in [0.25, 0.3) is 5.91 Å². The lowest BCUT2D eigenvalue weighted by atomic mass is 10.2. The van der Waals surface area contributed by atoms with E-state index in [9.17, 15) is 9.59 Å². The van der Waals surface area contributed by atoms with Crippen LogP contribution in [0.25, 0.3) is 0 Å². The molecule has 1 heterocycles. The Morgan fingerprint density at radius 1 is 1.37 bits per heavy atom. The Bertz CT molecular complexity index is 442. The third-order valence-electron chi connectivity index (χ3n) is 2.11. The molecule has 1 atom stereocenters. The summed E-state index contributed by atoms with van der Waals surface area (Å²) in [7, 11) is 0.